The Bertz CT molecular complexity index is 1430. The fraction of sp³-hybridized carbons (Fsp3) is 0.345. The number of carbonyl (C=O) groups excluding carboxylic acids is 2. The Morgan fingerprint density at radius 3 is 2.54 bits per heavy atom. The Balaban J connectivity index is 1.54. The van der Waals surface area contributed by atoms with Crippen LogP contribution in [-0.2, 0) is 16.1 Å². The van der Waals surface area contributed by atoms with Crippen molar-refractivity contribution in [2.24, 2.45) is 0 Å². The van der Waals surface area contributed by atoms with Crippen LogP contribution in [0.1, 0.15) is 61.3 Å². The summed E-state index contributed by atoms with van der Waals surface area (Å²) in [7, 11) is 0. The molecule has 0 bridgehead atoms. The summed E-state index contributed by atoms with van der Waals surface area (Å²) in [4.78, 5) is 42.4. The van der Waals surface area contributed by atoms with Crippen LogP contribution in [0.5, 0.6) is 5.75 Å². The number of carbonyl (C=O) groups is 2. The first-order valence-corrected chi connectivity index (χ1v) is 13.3. The lowest BCUT2D eigenvalue weighted by molar-refractivity contribution is -0.384. The van der Waals surface area contributed by atoms with E-state index >= 15 is 0 Å². The molecule has 0 aliphatic carbocycles. The number of nitrogens with zero attached hydrogens (tertiary/aromatic N) is 3. The zero-order valence-electron chi connectivity index (χ0n) is 22.7. The molecule has 1 fully saturated rings. The van der Waals surface area contributed by atoms with E-state index in [0.717, 1.165) is 0 Å². The third-order valence-electron chi connectivity index (χ3n) is 6.27. The first-order valence-electron chi connectivity index (χ1n) is 12.9. The van der Waals surface area contributed by atoms with Crippen molar-refractivity contribution in [3.8, 4) is 5.75 Å². The van der Waals surface area contributed by atoms with Crippen LogP contribution in [-0.4, -0.2) is 45.1 Å². The third kappa shape index (κ3) is 7.69. The zero-order valence-corrected chi connectivity index (χ0v) is 23.5. The number of hydrogen-bond acceptors (Lipinski definition) is 8. The molecule has 1 saturated heterocycles. The van der Waals surface area contributed by atoms with Gasteiger partial charge in [0.2, 0.25) is 0 Å². The first-order chi connectivity index (χ1) is 19.4. The predicted molar refractivity (Wildman–Crippen MR) is 147 cm³/mol. The summed E-state index contributed by atoms with van der Waals surface area (Å²) < 4.78 is 31.6. The maximum atomic E-state index is 14.3. The molecule has 4 rings (SSSR count). The Hall–Kier alpha value is -4.25. The summed E-state index contributed by atoms with van der Waals surface area (Å²) in [6.07, 6.45) is 1.03. The highest BCUT2D eigenvalue weighted by Crippen LogP contribution is 2.37. The minimum Gasteiger partial charge on any atom is -0.487 e. The largest absolute Gasteiger partial charge is 0.487 e. The van der Waals surface area contributed by atoms with E-state index in [1.54, 1.807) is 45.2 Å². The van der Waals surface area contributed by atoms with Gasteiger partial charge in [-0.25, -0.2) is 14.0 Å². The van der Waals surface area contributed by atoms with Crippen molar-refractivity contribution in [3.63, 3.8) is 0 Å². The van der Waals surface area contributed by atoms with Crippen molar-refractivity contribution in [2.75, 3.05) is 6.54 Å². The van der Waals surface area contributed by atoms with Crippen molar-refractivity contribution in [3.05, 3.63) is 98.6 Å². The van der Waals surface area contributed by atoms with Gasteiger partial charge in [-0.05, 0) is 70.0 Å². The Morgan fingerprint density at radius 1 is 1.15 bits per heavy atom. The molecular weight excluding hydrogens is 557 g/mol. The molecule has 2 atom stereocenters. The molecule has 0 spiro atoms. The number of nitro benzene ring substituents is 1. The molecule has 2 aromatic carbocycles. The molecule has 12 heteroatoms. The van der Waals surface area contributed by atoms with E-state index in [1.807, 2.05) is 0 Å². The lowest BCUT2D eigenvalue weighted by Gasteiger charge is -2.39. The molecule has 1 amide bonds. The van der Waals surface area contributed by atoms with Crippen LogP contribution >= 0.6 is 11.6 Å². The molecule has 2 heterocycles. The fourth-order valence-corrected chi connectivity index (χ4v) is 4.51. The van der Waals surface area contributed by atoms with Crippen molar-refractivity contribution in [1.29, 1.82) is 0 Å². The molecule has 2 unspecified atom stereocenters. The topological polar surface area (TPSA) is 121 Å². The van der Waals surface area contributed by atoms with E-state index in [2.05, 4.69) is 4.98 Å². The summed E-state index contributed by atoms with van der Waals surface area (Å²) in [6, 6.07) is 12.2. The Labute approximate surface area is 241 Å². The summed E-state index contributed by atoms with van der Waals surface area (Å²) in [5, 5.41) is 11.2. The highest BCUT2D eigenvalue weighted by molar-refractivity contribution is 6.30. The van der Waals surface area contributed by atoms with Crippen molar-refractivity contribution < 1.29 is 33.1 Å². The molecule has 3 aromatic rings. The maximum absolute atomic E-state index is 14.3. The summed E-state index contributed by atoms with van der Waals surface area (Å²) in [6.45, 7) is 5.15. The number of ether oxygens (including phenoxy) is 3. The predicted octanol–water partition coefficient (Wildman–Crippen LogP) is 6.66. The monoisotopic (exact) mass is 585 g/mol. The maximum Gasteiger partial charge on any atom is 0.410 e. The van der Waals surface area contributed by atoms with E-state index in [0.29, 0.717) is 29.8 Å². The average Bonchev–Trinajstić information content (AvgIpc) is 2.92. The van der Waals surface area contributed by atoms with Crippen molar-refractivity contribution >= 4 is 29.4 Å². The molecule has 0 radical (unpaired) electrons. The standard InChI is InChI=1S/C29H29ClFN3O7/c1-29(2,3)41-28(36)33-16-22(40-27(35)18-7-10-21(11-8-18)34(37)38)12-13-24(33)26-25(5-4-14-32-26)39-17-19-6-9-20(30)15-23(19)31/h4-11,14-15,22,24H,12-13,16-17H2,1-3H3. The molecular formula is C29H29ClFN3O7. The van der Waals surface area contributed by atoms with Gasteiger partial charge < -0.3 is 14.2 Å². The van der Waals surface area contributed by atoms with Crippen LogP contribution in [0.25, 0.3) is 0 Å². The normalized spacial score (nSPS) is 17.0. The number of halogens is 2. The second-order valence-electron chi connectivity index (χ2n) is 10.5. The molecule has 0 saturated carbocycles. The number of rotatable bonds is 7. The van der Waals surface area contributed by atoms with Gasteiger partial charge in [0.05, 0.1) is 23.1 Å². The Kier molecular flexibility index (Phi) is 9.07. The second-order valence-corrected chi connectivity index (χ2v) is 10.9. The number of aromatic nitrogens is 1. The van der Waals surface area contributed by atoms with Crippen LogP contribution in [0.4, 0.5) is 14.9 Å². The molecule has 1 aliphatic heterocycles. The molecule has 0 N–H and O–H groups in total. The molecule has 1 aliphatic rings. The number of nitro groups is 1. The highest BCUT2D eigenvalue weighted by Gasteiger charge is 2.38. The summed E-state index contributed by atoms with van der Waals surface area (Å²) in [5.41, 5.74) is -0.0378. The summed E-state index contributed by atoms with van der Waals surface area (Å²) >= 11 is 5.85. The van der Waals surface area contributed by atoms with E-state index in [9.17, 15) is 24.1 Å². The average molecular weight is 586 g/mol. The van der Waals surface area contributed by atoms with Gasteiger partial charge in [-0.1, -0.05) is 17.7 Å². The van der Waals surface area contributed by atoms with Crippen LogP contribution < -0.4 is 4.74 Å². The van der Waals surface area contributed by atoms with Crippen LogP contribution in [0, 0.1) is 15.9 Å². The highest BCUT2D eigenvalue weighted by atomic mass is 35.5. The van der Waals surface area contributed by atoms with Gasteiger partial charge in [0.15, 0.2) is 0 Å². The zero-order chi connectivity index (χ0) is 29.7. The third-order valence-corrected chi connectivity index (χ3v) is 6.50. The quantitative estimate of drug-likeness (QED) is 0.171. The van der Waals surface area contributed by atoms with Gasteiger partial charge in [0.25, 0.3) is 5.69 Å². The fourth-order valence-electron chi connectivity index (χ4n) is 4.35. The van der Waals surface area contributed by atoms with Gasteiger partial charge in [0, 0.05) is 28.9 Å². The molecule has 10 nitrogen and oxygen atoms in total. The minimum absolute atomic E-state index is 0.0140. The number of hydrogen-bond donors (Lipinski definition) is 0. The van der Waals surface area contributed by atoms with Gasteiger partial charge in [-0.3, -0.25) is 20.0 Å². The number of piperidine rings is 1. The number of likely N-dealkylation sites (tertiary alicyclic amines) is 1. The van der Waals surface area contributed by atoms with Crippen molar-refractivity contribution in [1.82, 2.24) is 9.88 Å². The van der Waals surface area contributed by atoms with Gasteiger partial charge in [0.1, 0.15) is 35.6 Å². The van der Waals surface area contributed by atoms with E-state index in [1.165, 1.54) is 41.3 Å². The van der Waals surface area contributed by atoms with E-state index < -0.39 is 40.5 Å². The number of esters is 1. The van der Waals surface area contributed by atoms with Gasteiger partial charge in [-0.2, -0.15) is 0 Å². The van der Waals surface area contributed by atoms with Crippen molar-refractivity contribution in [2.45, 2.75) is 58.0 Å². The van der Waals surface area contributed by atoms with Crippen LogP contribution in [0.3, 0.4) is 0 Å². The minimum atomic E-state index is -0.792. The molecule has 41 heavy (non-hydrogen) atoms. The SMILES string of the molecule is CC(C)(C)OC(=O)N1CC(OC(=O)c2ccc([N+](=O)[O-])cc2)CCC1c1ncccc1OCc1ccc(Cl)cc1F. The summed E-state index contributed by atoms with van der Waals surface area (Å²) in [5.74, 6) is -0.810. The Morgan fingerprint density at radius 2 is 1.88 bits per heavy atom. The van der Waals surface area contributed by atoms with Crippen LogP contribution in [0.15, 0.2) is 60.8 Å². The first kappa shape index (κ1) is 29.7. The second kappa shape index (κ2) is 12.5. The molecule has 1 aromatic heterocycles. The number of pyridine rings is 1. The lowest BCUT2D eigenvalue weighted by Crippen LogP contribution is -2.47. The smallest absolute Gasteiger partial charge is 0.410 e. The number of non-ortho nitro benzene ring substituents is 1. The van der Waals surface area contributed by atoms with Gasteiger partial charge in [-0.15, -0.1) is 0 Å². The number of benzene rings is 2. The molecule has 216 valence electrons. The lowest BCUT2D eigenvalue weighted by atomic mass is 9.96. The van der Waals surface area contributed by atoms with Gasteiger partial charge >= 0.3 is 12.1 Å². The van der Waals surface area contributed by atoms with E-state index in [4.69, 9.17) is 25.8 Å². The number of amides is 1. The van der Waals surface area contributed by atoms with E-state index in [-0.39, 0.29) is 29.4 Å². The van der Waals surface area contributed by atoms with Crippen LogP contribution in [0.2, 0.25) is 5.02 Å².